The quantitative estimate of drug-likeness (QED) is 0.137. The molecule has 1 saturated heterocycles. The topological polar surface area (TPSA) is 156 Å². The third-order valence-electron chi connectivity index (χ3n) is 10.00. The first-order valence-electron chi connectivity index (χ1n) is 17.2. The van der Waals surface area contributed by atoms with E-state index in [-0.39, 0.29) is 31.3 Å². The number of methoxy groups -OCH3 is 4. The van der Waals surface area contributed by atoms with Crippen LogP contribution >= 0.6 is 0 Å². The first kappa shape index (κ1) is 41.3. The maximum absolute atomic E-state index is 14.3. The standard InChI is InChI=1S/C38H50N2O12Si/c1-37(2,3)53(8,9)52-28(24-50-22-25-16-12-10-13-17-25)33(51-23-26-18-14-11-15-19-26)27-20-29(41)39-32(35(44)48-6)31(34(43)47-5)38(40(27)39,36(45)49-7)21-30(42)46-4/h10-19,27-28,33H,20-24H2,1-9H3/t27-,28+,33-,38-/m0/s1. The summed E-state index contributed by atoms with van der Waals surface area (Å²) in [5.41, 5.74) is -1.93. The Hall–Kier alpha value is -4.41. The second-order valence-electron chi connectivity index (χ2n) is 14.3. The summed E-state index contributed by atoms with van der Waals surface area (Å²) in [5, 5.41) is 1.83. The zero-order chi connectivity index (χ0) is 39.1. The molecule has 0 spiro atoms. The molecule has 2 aromatic rings. The van der Waals surface area contributed by atoms with Crippen molar-refractivity contribution >= 4 is 38.1 Å². The van der Waals surface area contributed by atoms with Gasteiger partial charge in [-0.1, -0.05) is 81.4 Å². The number of amides is 1. The second-order valence-corrected chi connectivity index (χ2v) is 19.1. The molecule has 1 fully saturated rings. The van der Waals surface area contributed by atoms with Crippen LogP contribution in [0.2, 0.25) is 18.1 Å². The van der Waals surface area contributed by atoms with Crippen molar-refractivity contribution in [2.24, 2.45) is 0 Å². The molecule has 0 N–H and O–H groups in total. The lowest BCUT2D eigenvalue weighted by Crippen LogP contribution is -2.64. The lowest BCUT2D eigenvalue weighted by Gasteiger charge is -2.45. The zero-order valence-electron chi connectivity index (χ0n) is 31.8. The molecule has 2 aromatic carbocycles. The fourth-order valence-electron chi connectivity index (χ4n) is 6.37. The number of fused-ring (bicyclic) bond motifs is 1. The van der Waals surface area contributed by atoms with Crippen LogP contribution < -0.4 is 0 Å². The fraction of sp³-hybridized carbons (Fsp3) is 0.500. The molecule has 2 heterocycles. The minimum absolute atomic E-state index is 0.0111. The van der Waals surface area contributed by atoms with Crippen molar-refractivity contribution in [3.63, 3.8) is 0 Å². The normalized spacial score (nSPS) is 20.1. The van der Waals surface area contributed by atoms with Crippen molar-refractivity contribution in [2.75, 3.05) is 35.0 Å². The number of carbonyl (C=O) groups excluding carboxylic acids is 5. The van der Waals surface area contributed by atoms with Gasteiger partial charge in [0.25, 0.3) is 0 Å². The van der Waals surface area contributed by atoms with E-state index in [0.717, 1.165) is 44.6 Å². The van der Waals surface area contributed by atoms with E-state index in [9.17, 15) is 24.0 Å². The third kappa shape index (κ3) is 8.54. The molecular formula is C38H50N2O12Si. The summed E-state index contributed by atoms with van der Waals surface area (Å²) in [7, 11) is 1.63. The van der Waals surface area contributed by atoms with Crippen LogP contribution in [0.15, 0.2) is 71.9 Å². The number of hydrogen-bond donors (Lipinski definition) is 0. The average molecular weight is 755 g/mol. The van der Waals surface area contributed by atoms with E-state index < -0.39 is 79.6 Å². The molecule has 2 aliphatic rings. The number of ether oxygens (including phenoxy) is 6. The smallest absolute Gasteiger partial charge is 0.356 e. The van der Waals surface area contributed by atoms with Gasteiger partial charge in [0.1, 0.15) is 11.7 Å². The van der Waals surface area contributed by atoms with Crippen molar-refractivity contribution in [1.82, 2.24) is 10.0 Å². The van der Waals surface area contributed by atoms with E-state index in [2.05, 4.69) is 33.9 Å². The maximum atomic E-state index is 14.3. The molecule has 4 rings (SSSR count). The number of nitrogens with zero attached hydrogens (tertiary/aromatic N) is 2. The minimum Gasteiger partial charge on any atom is -0.469 e. The van der Waals surface area contributed by atoms with Gasteiger partial charge in [-0.3, -0.25) is 9.59 Å². The highest BCUT2D eigenvalue weighted by molar-refractivity contribution is 6.74. The zero-order valence-corrected chi connectivity index (χ0v) is 32.8. The molecule has 1 amide bonds. The van der Waals surface area contributed by atoms with E-state index >= 15 is 0 Å². The highest BCUT2D eigenvalue weighted by atomic mass is 28.4. The van der Waals surface area contributed by atoms with Crippen LogP contribution in [-0.4, -0.2) is 107 Å². The van der Waals surface area contributed by atoms with Crippen LogP contribution in [0.5, 0.6) is 0 Å². The van der Waals surface area contributed by atoms with Gasteiger partial charge >= 0.3 is 23.9 Å². The van der Waals surface area contributed by atoms with Gasteiger partial charge in [-0.15, -0.1) is 0 Å². The highest BCUT2D eigenvalue weighted by Gasteiger charge is 2.69. The molecule has 0 aromatic heterocycles. The Labute approximate surface area is 311 Å². The summed E-state index contributed by atoms with van der Waals surface area (Å²) < 4.78 is 40.5. The minimum atomic E-state index is -2.64. The lowest BCUT2D eigenvalue weighted by atomic mass is 9.83. The van der Waals surface area contributed by atoms with E-state index in [0.29, 0.717) is 0 Å². The van der Waals surface area contributed by atoms with Gasteiger partial charge in [-0.25, -0.2) is 19.4 Å². The Balaban J connectivity index is 1.97. The lowest BCUT2D eigenvalue weighted by molar-refractivity contribution is -0.181. The first-order valence-corrected chi connectivity index (χ1v) is 20.1. The molecule has 4 atom stereocenters. The summed E-state index contributed by atoms with van der Waals surface area (Å²) in [6.45, 7) is 10.6. The van der Waals surface area contributed by atoms with Crippen molar-refractivity contribution < 1.29 is 56.8 Å². The van der Waals surface area contributed by atoms with Crippen molar-refractivity contribution in [3.8, 4) is 0 Å². The largest absolute Gasteiger partial charge is 0.469 e. The van der Waals surface area contributed by atoms with Crippen LogP contribution in [0.4, 0.5) is 0 Å². The summed E-state index contributed by atoms with van der Waals surface area (Å²) in [6.07, 6.45) is -3.12. The molecule has 15 heteroatoms. The molecule has 14 nitrogen and oxygen atoms in total. The number of esters is 4. The highest BCUT2D eigenvalue weighted by Crippen LogP contribution is 2.50. The molecule has 53 heavy (non-hydrogen) atoms. The second kappa shape index (κ2) is 17.2. The summed E-state index contributed by atoms with van der Waals surface area (Å²) >= 11 is 0. The summed E-state index contributed by atoms with van der Waals surface area (Å²) in [4.78, 5) is 69.0. The Kier molecular flexibility index (Phi) is 13.4. The SMILES string of the molecule is COC(=O)C[C@@]1(C(=O)OC)C(C(=O)OC)=C(C(=O)OC)N2C(=O)C[C@@H]([C@H](OCc3ccccc3)[C@@H](COCc3ccccc3)O[Si](C)(C)C(C)(C)C)N21. The predicted molar refractivity (Wildman–Crippen MR) is 193 cm³/mol. The van der Waals surface area contributed by atoms with E-state index in [1.54, 1.807) is 0 Å². The van der Waals surface area contributed by atoms with Crippen LogP contribution in [-0.2, 0) is 70.0 Å². The average Bonchev–Trinajstić information content (AvgIpc) is 3.63. The van der Waals surface area contributed by atoms with Crippen molar-refractivity contribution in [1.29, 1.82) is 0 Å². The third-order valence-corrected chi connectivity index (χ3v) is 14.5. The predicted octanol–water partition coefficient (Wildman–Crippen LogP) is 4.09. The Morgan fingerprint density at radius 2 is 1.40 bits per heavy atom. The van der Waals surface area contributed by atoms with Gasteiger partial charge in [-0.05, 0) is 29.3 Å². The molecule has 0 saturated carbocycles. The number of hydrogen-bond acceptors (Lipinski definition) is 13. The van der Waals surface area contributed by atoms with Gasteiger partial charge < -0.3 is 32.8 Å². The van der Waals surface area contributed by atoms with Gasteiger partial charge in [0.2, 0.25) is 5.91 Å². The Morgan fingerprint density at radius 1 is 0.830 bits per heavy atom. The molecule has 0 bridgehead atoms. The van der Waals surface area contributed by atoms with Gasteiger partial charge in [0.05, 0.1) is 66.8 Å². The van der Waals surface area contributed by atoms with Crippen LogP contribution in [0.1, 0.15) is 44.7 Å². The van der Waals surface area contributed by atoms with Crippen molar-refractivity contribution in [3.05, 3.63) is 83.1 Å². The Morgan fingerprint density at radius 3 is 1.91 bits per heavy atom. The van der Waals surface area contributed by atoms with Crippen LogP contribution in [0.3, 0.4) is 0 Å². The Bertz CT molecular complexity index is 1680. The van der Waals surface area contributed by atoms with Crippen LogP contribution in [0, 0.1) is 0 Å². The van der Waals surface area contributed by atoms with E-state index in [4.69, 9.17) is 32.8 Å². The van der Waals surface area contributed by atoms with E-state index in [1.165, 1.54) is 5.01 Å². The number of carbonyl (C=O) groups is 5. The molecule has 0 aliphatic carbocycles. The molecule has 288 valence electrons. The first-order chi connectivity index (χ1) is 25.1. The number of benzene rings is 2. The maximum Gasteiger partial charge on any atom is 0.356 e. The molecule has 0 unspecified atom stereocenters. The van der Waals surface area contributed by atoms with Crippen LogP contribution in [0.25, 0.3) is 0 Å². The van der Waals surface area contributed by atoms with Gasteiger partial charge in [0.15, 0.2) is 19.6 Å². The molecule has 2 aliphatic heterocycles. The van der Waals surface area contributed by atoms with Gasteiger partial charge in [0, 0.05) is 6.42 Å². The summed E-state index contributed by atoms with van der Waals surface area (Å²) in [6, 6.07) is 17.7. The molecule has 0 radical (unpaired) electrons. The van der Waals surface area contributed by atoms with E-state index in [1.807, 2.05) is 60.7 Å². The monoisotopic (exact) mass is 754 g/mol. The van der Waals surface area contributed by atoms with Gasteiger partial charge in [-0.2, -0.15) is 5.01 Å². The number of rotatable bonds is 16. The fourth-order valence-corrected chi connectivity index (χ4v) is 7.68. The van der Waals surface area contributed by atoms with Crippen molar-refractivity contribution in [2.45, 2.75) is 88.7 Å². The summed E-state index contributed by atoms with van der Waals surface area (Å²) in [5.74, 6) is -5.04. The molecular weight excluding hydrogens is 705 g/mol. The number of hydrazine groups is 1.